The van der Waals surface area contributed by atoms with Crippen LogP contribution in [0.15, 0.2) is 12.4 Å². The zero-order chi connectivity index (χ0) is 17.0. The third-order valence-electron chi connectivity index (χ3n) is 4.92. The maximum atomic E-state index is 13.1. The van der Waals surface area contributed by atoms with Gasteiger partial charge in [-0.3, -0.25) is 9.59 Å². The summed E-state index contributed by atoms with van der Waals surface area (Å²) in [5.74, 6) is -0.128. The van der Waals surface area contributed by atoms with Gasteiger partial charge in [-0.2, -0.15) is 5.10 Å². The highest BCUT2D eigenvalue weighted by molar-refractivity contribution is 6.36. The van der Waals surface area contributed by atoms with Crippen LogP contribution >= 0.6 is 11.6 Å². The molecule has 0 N–H and O–H groups in total. The van der Waals surface area contributed by atoms with Crippen molar-refractivity contribution in [2.45, 2.75) is 38.3 Å². The van der Waals surface area contributed by atoms with E-state index in [2.05, 4.69) is 10.1 Å². The molecular formula is C16H18ClN5O2. The number of nitrogens with zero attached hydrogens (tertiary/aromatic N) is 5. The Bertz CT molecular complexity index is 848. The molecule has 24 heavy (non-hydrogen) atoms. The van der Waals surface area contributed by atoms with E-state index in [9.17, 15) is 9.59 Å². The fourth-order valence-corrected chi connectivity index (χ4v) is 3.96. The Morgan fingerprint density at radius 1 is 1.33 bits per heavy atom. The number of hydrogen-bond acceptors (Lipinski definition) is 4. The molecule has 0 spiro atoms. The molecule has 4 heterocycles. The van der Waals surface area contributed by atoms with Crippen molar-refractivity contribution in [1.29, 1.82) is 0 Å². The molecule has 0 saturated carbocycles. The number of halogens is 1. The predicted octanol–water partition coefficient (Wildman–Crippen LogP) is 1.53. The molecule has 0 aromatic carbocycles. The standard InChI is InChI=1S/C16H18ClN5O2/c1-9-6-18-15-13(17)14(19-21(15)7-9)16(24)22-10-3-4-11(22)8-20(2)12(23)5-10/h6-7,10-11H,3-5,8H2,1-2H3/t10-,11+/m1/s1. The Hall–Kier alpha value is -2.15. The molecular weight excluding hydrogens is 330 g/mol. The maximum Gasteiger partial charge on any atom is 0.276 e. The van der Waals surface area contributed by atoms with Crippen molar-refractivity contribution in [1.82, 2.24) is 24.4 Å². The van der Waals surface area contributed by atoms with Crippen molar-refractivity contribution >= 4 is 29.1 Å². The van der Waals surface area contributed by atoms with Crippen LogP contribution in [-0.4, -0.2) is 61.9 Å². The smallest absolute Gasteiger partial charge is 0.276 e. The van der Waals surface area contributed by atoms with Crippen LogP contribution in [0.1, 0.15) is 35.3 Å². The van der Waals surface area contributed by atoms with Crippen molar-refractivity contribution in [2.75, 3.05) is 13.6 Å². The van der Waals surface area contributed by atoms with Crippen molar-refractivity contribution in [3.8, 4) is 0 Å². The van der Waals surface area contributed by atoms with E-state index in [1.165, 1.54) is 0 Å². The highest BCUT2D eigenvalue weighted by atomic mass is 35.5. The van der Waals surface area contributed by atoms with Gasteiger partial charge in [0.15, 0.2) is 11.3 Å². The Morgan fingerprint density at radius 2 is 2.08 bits per heavy atom. The highest BCUT2D eigenvalue weighted by Gasteiger charge is 2.43. The molecule has 4 rings (SSSR count). The second-order valence-electron chi connectivity index (χ2n) is 6.64. The number of likely N-dealkylation sites (tertiary alicyclic amines) is 1. The molecule has 2 atom stereocenters. The summed E-state index contributed by atoms with van der Waals surface area (Å²) < 4.78 is 1.54. The van der Waals surface area contributed by atoms with E-state index in [-0.39, 0.29) is 34.6 Å². The van der Waals surface area contributed by atoms with E-state index in [4.69, 9.17) is 11.6 Å². The van der Waals surface area contributed by atoms with Gasteiger partial charge in [0, 0.05) is 38.4 Å². The normalized spacial score (nSPS) is 23.9. The van der Waals surface area contributed by atoms with Gasteiger partial charge in [-0.15, -0.1) is 0 Å². The number of likely N-dealkylation sites (N-methyl/N-ethyl adjacent to an activating group) is 1. The van der Waals surface area contributed by atoms with Crippen LogP contribution in [-0.2, 0) is 4.79 Å². The Labute approximate surface area is 144 Å². The predicted molar refractivity (Wildman–Crippen MR) is 88.0 cm³/mol. The molecule has 2 saturated heterocycles. The quantitative estimate of drug-likeness (QED) is 0.784. The van der Waals surface area contributed by atoms with E-state index >= 15 is 0 Å². The van der Waals surface area contributed by atoms with E-state index in [0.29, 0.717) is 18.6 Å². The van der Waals surface area contributed by atoms with Crippen LogP contribution in [0.2, 0.25) is 5.02 Å². The largest absolute Gasteiger partial charge is 0.344 e. The molecule has 2 aliphatic heterocycles. The zero-order valence-corrected chi connectivity index (χ0v) is 14.3. The lowest BCUT2D eigenvalue weighted by Crippen LogP contribution is -2.43. The summed E-state index contributed by atoms with van der Waals surface area (Å²) >= 11 is 6.37. The molecule has 2 aliphatic rings. The topological polar surface area (TPSA) is 70.8 Å². The van der Waals surface area contributed by atoms with Gasteiger partial charge in [-0.05, 0) is 25.3 Å². The van der Waals surface area contributed by atoms with E-state index in [0.717, 1.165) is 18.4 Å². The SMILES string of the molecule is Cc1cnc2c(Cl)c(C(=O)N3[C@@H]4CC[C@H]3CN(C)C(=O)C4)nn2c1. The fourth-order valence-electron chi connectivity index (χ4n) is 3.71. The molecule has 8 heteroatoms. The third kappa shape index (κ3) is 2.26. The monoisotopic (exact) mass is 347 g/mol. The number of aryl methyl sites for hydroxylation is 1. The Morgan fingerprint density at radius 3 is 2.88 bits per heavy atom. The molecule has 0 unspecified atom stereocenters. The van der Waals surface area contributed by atoms with Crippen molar-refractivity contribution in [3.63, 3.8) is 0 Å². The molecule has 2 fully saturated rings. The van der Waals surface area contributed by atoms with E-state index < -0.39 is 0 Å². The van der Waals surface area contributed by atoms with Crippen LogP contribution in [0.4, 0.5) is 0 Å². The lowest BCUT2D eigenvalue weighted by atomic mass is 10.1. The summed E-state index contributed by atoms with van der Waals surface area (Å²) in [5.41, 5.74) is 1.62. The molecule has 7 nitrogen and oxygen atoms in total. The Balaban J connectivity index is 1.73. The van der Waals surface area contributed by atoms with Gasteiger partial charge in [0.1, 0.15) is 5.02 Å². The number of rotatable bonds is 1. The van der Waals surface area contributed by atoms with Crippen LogP contribution < -0.4 is 0 Å². The lowest BCUT2D eigenvalue weighted by Gasteiger charge is -2.27. The summed E-state index contributed by atoms with van der Waals surface area (Å²) in [6, 6.07) is -0.0509. The summed E-state index contributed by atoms with van der Waals surface area (Å²) in [6.07, 6.45) is 5.59. The first-order valence-corrected chi connectivity index (χ1v) is 8.40. The van der Waals surface area contributed by atoms with Gasteiger partial charge in [0.05, 0.1) is 6.04 Å². The molecule has 126 valence electrons. The van der Waals surface area contributed by atoms with Crippen molar-refractivity contribution in [2.24, 2.45) is 0 Å². The average molecular weight is 348 g/mol. The molecule has 2 amide bonds. The number of fused-ring (bicyclic) bond motifs is 3. The number of carbonyl (C=O) groups is 2. The number of hydrogen-bond donors (Lipinski definition) is 0. The zero-order valence-electron chi connectivity index (χ0n) is 13.6. The molecule has 0 radical (unpaired) electrons. The Kier molecular flexibility index (Phi) is 3.49. The first kappa shape index (κ1) is 15.4. The van der Waals surface area contributed by atoms with Gasteiger partial charge in [-0.25, -0.2) is 9.50 Å². The van der Waals surface area contributed by atoms with E-state index in [1.54, 1.807) is 28.9 Å². The van der Waals surface area contributed by atoms with Gasteiger partial charge < -0.3 is 9.80 Å². The van der Waals surface area contributed by atoms with Crippen LogP contribution in [0, 0.1) is 6.92 Å². The van der Waals surface area contributed by atoms with Gasteiger partial charge >= 0.3 is 0 Å². The second-order valence-corrected chi connectivity index (χ2v) is 7.02. The maximum absolute atomic E-state index is 13.1. The summed E-state index contributed by atoms with van der Waals surface area (Å²) in [5, 5.41) is 4.61. The van der Waals surface area contributed by atoms with Crippen LogP contribution in [0.25, 0.3) is 5.65 Å². The van der Waals surface area contributed by atoms with Gasteiger partial charge in [-0.1, -0.05) is 11.6 Å². The molecule has 2 bridgehead atoms. The second kappa shape index (κ2) is 5.44. The number of aromatic nitrogens is 3. The average Bonchev–Trinajstić information content (AvgIpc) is 3.04. The molecule has 2 aromatic heterocycles. The lowest BCUT2D eigenvalue weighted by molar-refractivity contribution is -0.130. The van der Waals surface area contributed by atoms with Crippen molar-refractivity contribution in [3.05, 3.63) is 28.7 Å². The number of amides is 2. The summed E-state index contributed by atoms with van der Waals surface area (Å²) in [6.45, 7) is 2.46. The van der Waals surface area contributed by atoms with Gasteiger partial charge in [0.2, 0.25) is 5.91 Å². The fraction of sp³-hybridized carbons (Fsp3) is 0.500. The minimum Gasteiger partial charge on any atom is -0.344 e. The first-order valence-electron chi connectivity index (χ1n) is 8.03. The van der Waals surface area contributed by atoms with Crippen molar-refractivity contribution < 1.29 is 9.59 Å². The highest BCUT2D eigenvalue weighted by Crippen LogP contribution is 2.33. The van der Waals surface area contributed by atoms with E-state index in [1.807, 2.05) is 11.8 Å². The molecule has 0 aliphatic carbocycles. The first-order chi connectivity index (χ1) is 11.5. The van der Waals surface area contributed by atoms with Crippen LogP contribution in [0.5, 0.6) is 0 Å². The summed E-state index contributed by atoms with van der Waals surface area (Å²) in [7, 11) is 1.79. The van der Waals surface area contributed by atoms with Gasteiger partial charge in [0.25, 0.3) is 5.91 Å². The minimum atomic E-state index is -0.209. The number of carbonyl (C=O) groups excluding carboxylic acids is 2. The molecule has 2 aromatic rings. The van der Waals surface area contributed by atoms with Crippen LogP contribution in [0.3, 0.4) is 0 Å². The third-order valence-corrected chi connectivity index (χ3v) is 5.27. The minimum absolute atomic E-state index is 0.0227. The summed E-state index contributed by atoms with van der Waals surface area (Å²) in [4.78, 5) is 33.0.